The fourth-order valence-electron chi connectivity index (χ4n) is 3.51. The highest BCUT2D eigenvalue weighted by molar-refractivity contribution is 6.03. The molecule has 7 nitrogen and oxygen atoms in total. The number of aromatic nitrogens is 3. The Morgan fingerprint density at radius 1 is 0.853 bits per heavy atom. The Morgan fingerprint density at radius 3 is 2.41 bits per heavy atom. The van der Waals surface area contributed by atoms with Gasteiger partial charge in [-0.05, 0) is 60.9 Å². The van der Waals surface area contributed by atoms with E-state index in [1.54, 1.807) is 6.07 Å². The van der Waals surface area contributed by atoms with Gasteiger partial charge in [0.2, 0.25) is 11.8 Å². The molecule has 0 saturated carbocycles. The van der Waals surface area contributed by atoms with Gasteiger partial charge in [-0.3, -0.25) is 4.79 Å². The Balaban J connectivity index is 1.22. The molecular weight excluding hydrogens is 428 g/mol. The highest BCUT2D eigenvalue weighted by Crippen LogP contribution is 2.24. The van der Waals surface area contributed by atoms with Gasteiger partial charge in [-0.1, -0.05) is 47.6 Å². The number of benzene rings is 3. The monoisotopic (exact) mass is 450 g/mol. The highest BCUT2D eigenvalue weighted by atomic mass is 16.5. The van der Waals surface area contributed by atoms with Crippen molar-refractivity contribution in [1.82, 2.24) is 15.4 Å². The quantitative estimate of drug-likeness (QED) is 0.349. The molecule has 0 unspecified atom stereocenters. The Bertz CT molecular complexity index is 1440. The predicted molar refractivity (Wildman–Crippen MR) is 128 cm³/mol. The first-order valence-corrected chi connectivity index (χ1v) is 10.9. The van der Waals surface area contributed by atoms with Crippen LogP contribution < -0.4 is 5.32 Å². The third-order valence-corrected chi connectivity index (χ3v) is 5.59. The summed E-state index contributed by atoms with van der Waals surface area (Å²) in [5.41, 5.74) is 5.97. The molecule has 0 fully saturated rings. The van der Waals surface area contributed by atoms with Gasteiger partial charge in [0.1, 0.15) is 0 Å². The summed E-state index contributed by atoms with van der Waals surface area (Å²) < 4.78 is 11.2. The summed E-state index contributed by atoms with van der Waals surface area (Å²) in [5.74, 6) is 1.23. The van der Waals surface area contributed by atoms with Crippen LogP contribution in [-0.2, 0) is 6.42 Å². The maximum absolute atomic E-state index is 12.6. The van der Waals surface area contributed by atoms with Gasteiger partial charge in [0.05, 0.1) is 6.42 Å². The molecule has 0 radical (unpaired) electrons. The van der Waals surface area contributed by atoms with Crippen molar-refractivity contribution in [3.8, 4) is 22.8 Å². The van der Waals surface area contributed by atoms with Crippen LogP contribution in [0.5, 0.6) is 0 Å². The average Bonchev–Trinajstić information content (AvgIpc) is 3.53. The number of nitrogens with one attached hydrogen (secondary N) is 1. The first-order valence-electron chi connectivity index (χ1n) is 10.9. The SMILES string of the molecule is Cc1ccc(-c2cc(C(=O)Nc3ccc(Cc4nnc(-c5ccccc5)o4)cc3)no2)cc1C. The van der Waals surface area contributed by atoms with E-state index in [4.69, 9.17) is 8.94 Å². The van der Waals surface area contributed by atoms with Crippen molar-refractivity contribution in [3.63, 3.8) is 0 Å². The molecule has 1 amide bonds. The first kappa shape index (κ1) is 21.3. The van der Waals surface area contributed by atoms with Crippen LogP contribution in [-0.4, -0.2) is 21.3 Å². The summed E-state index contributed by atoms with van der Waals surface area (Å²) in [6.45, 7) is 4.08. The largest absolute Gasteiger partial charge is 0.420 e. The summed E-state index contributed by atoms with van der Waals surface area (Å²) in [6, 6.07) is 24.7. The molecule has 1 N–H and O–H groups in total. The molecule has 0 spiro atoms. The minimum Gasteiger partial charge on any atom is -0.420 e. The van der Waals surface area contributed by atoms with Gasteiger partial charge in [0.15, 0.2) is 11.5 Å². The van der Waals surface area contributed by atoms with Gasteiger partial charge in [-0.15, -0.1) is 10.2 Å². The van der Waals surface area contributed by atoms with E-state index in [1.165, 1.54) is 5.56 Å². The Morgan fingerprint density at radius 2 is 1.65 bits per heavy atom. The van der Waals surface area contributed by atoms with E-state index >= 15 is 0 Å². The van der Waals surface area contributed by atoms with Crippen LogP contribution in [0.25, 0.3) is 22.8 Å². The number of aryl methyl sites for hydroxylation is 2. The minimum absolute atomic E-state index is 0.219. The van der Waals surface area contributed by atoms with Crippen LogP contribution in [0.1, 0.15) is 33.1 Å². The molecule has 2 aromatic heterocycles. The number of nitrogens with zero attached hydrogens (tertiary/aromatic N) is 3. The van der Waals surface area contributed by atoms with Crippen LogP contribution in [0.15, 0.2) is 87.8 Å². The van der Waals surface area contributed by atoms with Gasteiger partial charge in [0.25, 0.3) is 5.91 Å². The van der Waals surface area contributed by atoms with Gasteiger partial charge >= 0.3 is 0 Å². The fraction of sp³-hybridized carbons (Fsp3) is 0.111. The number of rotatable bonds is 6. The molecule has 0 atom stereocenters. The maximum Gasteiger partial charge on any atom is 0.277 e. The highest BCUT2D eigenvalue weighted by Gasteiger charge is 2.15. The standard InChI is InChI=1S/C27H22N4O3/c1-17-8-11-21(14-18(17)2)24-16-23(31-34-24)26(32)28-22-12-9-19(10-13-22)15-25-29-30-27(33-25)20-6-4-3-5-7-20/h3-14,16H,15H2,1-2H3,(H,28,32). The molecule has 7 heteroatoms. The molecule has 0 saturated heterocycles. The van der Waals surface area contributed by atoms with Crippen LogP contribution >= 0.6 is 0 Å². The summed E-state index contributed by atoms with van der Waals surface area (Å²) in [5, 5.41) is 15.0. The van der Waals surface area contributed by atoms with E-state index < -0.39 is 0 Å². The molecule has 0 aliphatic carbocycles. The normalized spacial score (nSPS) is 10.9. The number of carbonyl (C=O) groups excluding carboxylic acids is 1. The molecule has 5 aromatic rings. The van der Waals surface area contributed by atoms with Crippen LogP contribution in [0.4, 0.5) is 5.69 Å². The lowest BCUT2D eigenvalue weighted by molar-refractivity contribution is 0.101. The van der Waals surface area contributed by atoms with E-state index in [0.717, 1.165) is 22.3 Å². The topological polar surface area (TPSA) is 94.1 Å². The second-order valence-corrected chi connectivity index (χ2v) is 8.07. The molecule has 168 valence electrons. The van der Waals surface area contributed by atoms with E-state index in [9.17, 15) is 4.79 Å². The second-order valence-electron chi connectivity index (χ2n) is 8.07. The first-order chi connectivity index (χ1) is 16.5. The van der Waals surface area contributed by atoms with Gasteiger partial charge in [-0.25, -0.2) is 0 Å². The summed E-state index contributed by atoms with van der Waals surface area (Å²) in [6.07, 6.45) is 0.497. The predicted octanol–water partition coefficient (Wildman–Crippen LogP) is 5.85. The van der Waals surface area contributed by atoms with E-state index in [0.29, 0.717) is 29.6 Å². The average molecular weight is 450 g/mol. The van der Waals surface area contributed by atoms with Gasteiger partial charge < -0.3 is 14.3 Å². The number of amides is 1. The van der Waals surface area contributed by atoms with Crippen LogP contribution in [0, 0.1) is 13.8 Å². The molecule has 5 rings (SSSR count). The summed E-state index contributed by atoms with van der Waals surface area (Å²) >= 11 is 0. The molecule has 0 aliphatic heterocycles. The zero-order chi connectivity index (χ0) is 23.5. The zero-order valence-corrected chi connectivity index (χ0v) is 18.8. The lowest BCUT2D eigenvalue weighted by Gasteiger charge is -2.04. The van der Waals surface area contributed by atoms with Gasteiger partial charge in [-0.2, -0.15) is 0 Å². The molecule has 2 heterocycles. The van der Waals surface area contributed by atoms with Crippen LogP contribution in [0.3, 0.4) is 0 Å². The fourth-order valence-corrected chi connectivity index (χ4v) is 3.51. The minimum atomic E-state index is -0.337. The zero-order valence-electron chi connectivity index (χ0n) is 18.8. The Kier molecular flexibility index (Phi) is 5.74. The second kappa shape index (κ2) is 9.15. The number of hydrogen-bond donors (Lipinski definition) is 1. The third kappa shape index (κ3) is 4.63. The van der Waals surface area contributed by atoms with E-state index in [1.807, 2.05) is 86.6 Å². The van der Waals surface area contributed by atoms with Crippen molar-refractivity contribution in [2.24, 2.45) is 0 Å². The third-order valence-electron chi connectivity index (χ3n) is 5.59. The van der Waals surface area contributed by atoms with Crippen molar-refractivity contribution < 1.29 is 13.7 Å². The summed E-state index contributed by atoms with van der Waals surface area (Å²) in [4.78, 5) is 12.6. The Hall–Kier alpha value is -4.52. The van der Waals surface area contributed by atoms with Crippen molar-refractivity contribution in [2.45, 2.75) is 20.3 Å². The molecule has 3 aromatic carbocycles. The van der Waals surface area contributed by atoms with E-state index in [-0.39, 0.29) is 11.6 Å². The Labute approximate surface area is 196 Å². The smallest absolute Gasteiger partial charge is 0.277 e. The molecule has 34 heavy (non-hydrogen) atoms. The number of hydrogen-bond acceptors (Lipinski definition) is 6. The van der Waals surface area contributed by atoms with Crippen molar-refractivity contribution >= 4 is 11.6 Å². The molecule has 0 bridgehead atoms. The van der Waals surface area contributed by atoms with E-state index in [2.05, 4.69) is 20.7 Å². The number of anilines is 1. The van der Waals surface area contributed by atoms with Gasteiger partial charge in [0, 0.05) is 22.9 Å². The molecular formula is C27H22N4O3. The lowest BCUT2D eigenvalue weighted by atomic mass is 10.0. The molecule has 0 aliphatic rings. The van der Waals surface area contributed by atoms with Crippen molar-refractivity contribution in [1.29, 1.82) is 0 Å². The van der Waals surface area contributed by atoms with Crippen molar-refractivity contribution in [2.75, 3.05) is 5.32 Å². The van der Waals surface area contributed by atoms with Crippen molar-refractivity contribution in [3.05, 3.63) is 107 Å². The number of carbonyl (C=O) groups is 1. The maximum atomic E-state index is 12.6. The van der Waals surface area contributed by atoms with Crippen LogP contribution in [0.2, 0.25) is 0 Å². The summed E-state index contributed by atoms with van der Waals surface area (Å²) in [7, 11) is 0. The lowest BCUT2D eigenvalue weighted by Crippen LogP contribution is -2.12.